The molecular weight excluding hydrogens is 368 g/mol. The zero-order valence-corrected chi connectivity index (χ0v) is 15.0. The molecule has 0 atom stereocenters. The van der Waals surface area contributed by atoms with Gasteiger partial charge in [-0.05, 0) is 55.7 Å². The number of hydrogen-bond acceptors (Lipinski definition) is 3. The second-order valence-corrected chi connectivity index (χ2v) is 6.94. The standard InChI is InChI=1S/C20H19BrO3/c21-14-4-3-5-15(12-14)22-10-11-23-16-8-9-20-18(13-16)17-6-1-2-7-19(17)24-20/h3-5,8-9,12-13H,1-2,6-7,10-11H2. The molecule has 124 valence electrons. The summed E-state index contributed by atoms with van der Waals surface area (Å²) in [6.45, 7) is 1.02. The van der Waals surface area contributed by atoms with Gasteiger partial charge in [-0.15, -0.1) is 0 Å². The van der Waals surface area contributed by atoms with E-state index in [0.717, 1.165) is 40.2 Å². The number of rotatable bonds is 5. The number of benzene rings is 2. The third-order valence-corrected chi connectivity index (χ3v) is 4.84. The zero-order chi connectivity index (χ0) is 16.4. The molecule has 24 heavy (non-hydrogen) atoms. The highest BCUT2D eigenvalue weighted by Gasteiger charge is 2.17. The van der Waals surface area contributed by atoms with Crippen LogP contribution in [0.1, 0.15) is 24.2 Å². The van der Waals surface area contributed by atoms with E-state index in [1.807, 2.05) is 36.4 Å². The van der Waals surface area contributed by atoms with Crippen LogP contribution in [0.5, 0.6) is 11.5 Å². The smallest absolute Gasteiger partial charge is 0.134 e. The molecule has 4 rings (SSSR count). The van der Waals surface area contributed by atoms with Crippen LogP contribution >= 0.6 is 15.9 Å². The van der Waals surface area contributed by atoms with Gasteiger partial charge < -0.3 is 13.9 Å². The van der Waals surface area contributed by atoms with E-state index in [1.165, 1.54) is 23.8 Å². The summed E-state index contributed by atoms with van der Waals surface area (Å²) in [6, 6.07) is 13.9. The lowest BCUT2D eigenvalue weighted by molar-refractivity contribution is 0.217. The lowest BCUT2D eigenvalue weighted by Gasteiger charge is -2.10. The predicted octanol–water partition coefficient (Wildman–Crippen LogP) is 5.53. The first-order valence-corrected chi connectivity index (χ1v) is 9.14. The molecule has 0 saturated carbocycles. The van der Waals surface area contributed by atoms with Crippen LogP contribution in [0.4, 0.5) is 0 Å². The van der Waals surface area contributed by atoms with E-state index >= 15 is 0 Å². The maximum Gasteiger partial charge on any atom is 0.134 e. The molecule has 0 N–H and O–H groups in total. The Bertz CT molecular complexity index is 853. The van der Waals surface area contributed by atoms with Gasteiger partial charge in [0.25, 0.3) is 0 Å². The minimum atomic E-state index is 0.512. The molecule has 1 aliphatic rings. The fourth-order valence-corrected chi connectivity index (χ4v) is 3.59. The second-order valence-electron chi connectivity index (χ2n) is 6.02. The van der Waals surface area contributed by atoms with Crippen molar-refractivity contribution in [3.05, 3.63) is 58.3 Å². The highest BCUT2D eigenvalue weighted by atomic mass is 79.9. The van der Waals surface area contributed by atoms with Crippen LogP contribution in [-0.4, -0.2) is 13.2 Å². The molecule has 1 heterocycles. The summed E-state index contributed by atoms with van der Waals surface area (Å²) in [4.78, 5) is 0. The summed E-state index contributed by atoms with van der Waals surface area (Å²) >= 11 is 3.44. The second kappa shape index (κ2) is 6.89. The summed E-state index contributed by atoms with van der Waals surface area (Å²) in [7, 11) is 0. The van der Waals surface area contributed by atoms with Gasteiger partial charge in [0.05, 0.1) is 0 Å². The molecule has 3 nitrogen and oxygen atoms in total. The monoisotopic (exact) mass is 386 g/mol. The first kappa shape index (κ1) is 15.6. The van der Waals surface area contributed by atoms with E-state index in [1.54, 1.807) is 0 Å². The molecule has 0 spiro atoms. The Balaban J connectivity index is 1.39. The van der Waals surface area contributed by atoms with Crippen molar-refractivity contribution >= 4 is 26.9 Å². The van der Waals surface area contributed by atoms with Crippen molar-refractivity contribution in [1.29, 1.82) is 0 Å². The Morgan fingerprint density at radius 2 is 1.71 bits per heavy atom. The van der Waals surface area contributed by atoms with Gasteiger partial charge >= 0.3 is 0 Å². The van der Waals surface area contributed by atoms with Crippen molar-refractivity contribution in [3.63, 3.8) is 0 Å². The Hall–Kier alpha value is -1.94. The van der Waals surface area contributed by atoms with Crippen LogP contribution in [0.15, 0.2) is 51.4 Å². The van der Waals surface area contributed by atoms with Gasteiger partial charge in [0.15, 0.2) is 0 Å². The summed E-state index contributed by atoms with van der Waals surface area (Å²) in [5.74, 6) is 2.87. The van der Waals surface area contributed by atoms with Gasteiger partial charge in [-0.2, -0.15) is 0 Å². The SMILES string of the molecule is Brc1cccc(OCCOc2ccc3oc4c(c3c2)CCCC4)c1. The molecule has 1 aliphatic carbocycles. The van der Waals surface area contributed by atoms with E-state index in [0.29, 0.717) is 13.2 Å². The van der Waals surface area contributed by atoms with Gasteiger partial charge in [-0.3, -0.25) is 0 Å². The highest BCUT2D eigenvalue weighted by molar-refractivity contribution is 9.10. The predicted molar refractivity (Wildman–Crippen MR) is 98.0 cm³/mol. The maximum atomic E-state index is 5.96. The summed E-state index contributed by atoms with van der Waals surface area (Å²) in [5, 5.41) is 1.20. The number of hydrogen-bond donors (Lipinski definition) is 0. The topological polar surface area (TPSA) is 31.6 Å². The van der Waals surface area contributed by atoms with Crippen molar-refractivity contribution in [1.82, 2.24) is 0 Å². The first-order valence-electron chi connectivity index (χ1n) is 8.35. The molecule has 3 aromatic rings. The number of aryl methyl sites for hydroxylation is 2. The van der Waals surface area contributed by atoms with Crippen molar-refractivity contribution in [3.8, 4) is 11.5 Å². The zero-order valence-electron chi connectivity index (χ0n) is 13.4. The van der Waals surface area contributed by atoms with Crippen LogP contribution in [0.25, 0.3) is 11.0 Å². The van der Waals surface area contributed by atoms with Crippen LogP contribution in [0, 0.1) is 0 Å². The van der Waals surface area contributed by atoms with Gasteiger partial charge in [-0.25, -0.2) is 0 Å². The van der Waals surface area contributed by atoms with E-state index in [4.69, 9.17) is 13.9 Å². The maximum absolute atomic E-state index is 5.96. The third-order valence-electron chi connectivity index (χ3n) is 4.34. The van der Waals surface area contributed by atoms with E-state index in [9.17, 15) is 0 Å². The van der Waals surface area contributed by atoms with E-state index in [-0.39, 0.29) is 0 Å². The number of halogens is 1. The Morgan fingerprint density at radius 1 is 0.917 bits per heavy atom. The molecular formula is C20H19BrO3. The van der Waals surface area contributed by atoms with Crippen molar-refractivity contribution in [2.24, 2.45) is 0 Å². The lowest BCUT2D eigenvalue weighted by Crippen LogP contribution is -2.08. The minimum Gasteiger partial charge on any atom is -0.490 e. The molecule has 0 aliphatic heterocycles. The van der Waals surface area contributed by atoms with E-state index < -0.39 is 0 Å². The quantitative estimate of drug-likeness (QED) is 0.540. The fourth-order valence-electron chi connectivity index (χ4n) is 3.21. The largest absolute Gasteiger partial charge is 0.490 e. The number of furan rings is 1. The molecule has 0 radical (unpaired) electrons. The molecule has 0 unspecified atom stereocenters. The number of fused-ring (bicyclic) bond motifs is 3. The lowest BCUT2D eigenvalue weighted by atomic mass is 9.96. The molecule has 0 amide bonds. The molecule has 0 bridgehead atoms. The van der Waals surface area contributed by atoms with Gasteiger partial charge in [-0.1, -0.05) is 22.0 Å². The minimum absolute atomic E-state index is 0.512. The molecule has 1 aromatic heterocycles. The normalized spacial score (nSPS) is 13.7. The van der Waals surface area contributed by atoms with Crippen LogP contribution in [0.2, 0.25) is 0 Å². The average molecular weight is 387 g/mol. The molecule has 0 fully saturated rings. The summed E-state index contributed by atoms with van der Waals surface area (Å²) in [5.41, 5.74) is 2.34. The Labute approximate surface area is 149 Å². The van der Waals surface area contributed by atoms with Crippen LogP contribution in [-0.2, 0) is 12.8 Å². The number of ether oxygens (including phenoxy) is 2. The fraction of sp³-hybridized carbons (Fsp3) is 0.300. The van der Waals surface area contributed by atoms with Gasteiger partial charge in [0, 0.05) is 21.8 Å². The van der Waals surface area contributed by atoms with Crippen molar-refractivity contribution in [2.45, 2.75) is 25.7 Å². The van der Waals surface area contributed by atoms with Crippen molar-refractivity contribution in [2.75, 3.05) is 13.2 Å². The van der Waals surface area contributed by atoms with E-state index in [2.05, 4.69) is 22.0 Å². The van der Waals surface area contributed by atoms with Crippen molar-refractivity contribution < 1.29 is 13.9 Å². The first-order chi connectivity index (χ1) is 11.8. The molecule has 2 aromatic carbocycles. The van der Waals surface area contributed by atoms with Crippen LogP contribution < -0.4 is 9.47 Å². The third kappa shape index (κ3) is 3.29. The van der Waals surface area contributed by atoms with Gasteiger partial charge in [0.2, 0.25) is 0 Å². The van der Waals surface area contributed by atoms with Crippen LogP contribution in [0.3, 0.4) is 0 Å². The Kier molecular flexibility index (Phi) is 4.48. The summed E-state index contributed by atoms with van der Waals surface area (Å²) in [6.07, 6.45) is 4.63. The highest BCUT2D eigenvalue weighted by Crippen LogP contribution is 2.33. The molecule has 0 saturated heterocycles. The average Bonchev–Trinajstić information content (AvgIpc) is 2.97. The van der Waals surface area contributed by atoms with Gasteiger partial charge in [0.1, 0.15) is 36.1 Å². The summed E-state index contributed by atoms with van der Waals surface area (Å²) < 4.78 is 18.5. The Morgan fingerprint density at radius 3 is 2.54 bits per heavy atom. The molecule has 4 heteroatoms.